The van der Waals surface area contributed by atoms with Gasteiger partial charge in [-0.25, -0.2) is 9.97 Å². The number of aromatic nitrogens is 3. The molecule has 6 rings (SSSR count). The van der Waals surface area contributed by atoms with E-state index in [2.05, 4.69) is 44.5 Å². The number of hydrogen-bond acceptors (Lipinski definition) is 7. The van der Waals surface area contributed by atoms with Crippen LogP contribution in [0.5, 0.6) is 5.75 Å². The van der Waals surface area contributed by atoms with Crippen LogP contribution in [0.1, 0.15) is 37.7 Å². The summed E-state index contributed by atoms with van der Waals surface area (Å²) < 4.78 is 5.81. The molecule has 39 heavy (non-hydrogen) atoms. The zero-order chi connectivity index (χ0) is 27.3. The van der Waals surface area contributed by atoms with Crippen molar-refractivity contribution in [2.75, 3.05) is 32.1 Å². The monoisotopic (exact) mass is 550 g/mol. The smallest absolute Gasteiger partial charge is 0.223 e. The van der Waals surface area contributed by atoms with E-state index in [0.717, 1.165) is 50.2 Å². The molecule has 10 heteroatoms. The van der Waals surface area contributed by atoms with Gasteiger partial charge in [0.05, 0.1) is 41.6 Å². The Morgan fingerprint density at radius 3 is 2.79 bits per heavy atom. The molecule has 1 saturated heterocycles. The molecule has 1 aromatic carbocycles. The Hall–Kier alpha value is -3.14. The molecule has 0 unspecified atom stereocenters. The van der Waals surface area contributed by atoms with E-state index in [-0.39, 0.29) is 35.8 Å². The average Bonchev–Trinajstić information content (AvgIpc) is 3.65. The summed E-state index contributed by atoms with van der Waals surface area (Å²) in [6.07, 6.45) is 8.54. The number of allylic oxidation sites excluding steroid dienone is 1. The van der Waals surface area contributed by atoms with Crippen molar-refractivity contribution in [2.45, 2.75) is 44.2 Å². The zero-order valence-corrected chi connectivity index (χ0v) is 23.0. The number of ether oxygens (including phenoxy) is 1. The predicted octanol–water partition coefficient (Wildman–Crippen LogP) is 3.94. The molecule has 2 fully saturated rings. The first-order chi connectivity index (χ1) is 18.8. The number of carbonyl (C=O) groups excluding carboxylic acids is 1. The van der Waals surface area contributed by atoms with E-state index >= 15 is 0 Å². The van der Waals surface area contributed by atoms with Gasteiger partial charge in [-0.3, -0.25) is 4.79 Å². The van der Waals surface area contributed by atoms with Gasteiger partial charge in [-0.05, 0) is 74.7 Å². The van der Waals surface area contributed by atoms with Gasteiger partial charge in [0.25, 0.3) is 0 Å². The number of fused-ring (bicyclic) bond motifs is 3. The van der Waals surface area contributed by atoms with Crippen molar-refractivity contribution in [3.05, 3.63) is 47.1 Å². The van der Waals surface area contributed by atoms with Crippen molar-refractivity contribution in [3.63, 3.8) is 0 Å². The topological polar surface area (TPSA) is 129 Å². The minimum absolute atomic E-state index is 0.131. The highest BCUT2D eigenvalue weighted by Crippen LogP contribution is 2.46. The first kappa shape index (κ1) is 26.1. The number of likely N-dealkylation sites (tertiary alicyclic amines) is 1. The Bertz CT molecular complexity index is 1410. The van der Waals surface area contributed by atoms with Gasteiger partial charge in [-0.15, -0.1) is 0 Å². The lowest BCUT2D eigenvalue weighted by molar-refractivity contribution is -0.122. The number of rotatable bonds is 8. The Morgan fingerprint density at radius 2 is 2.08 bits per heavy atom. The van der Waals surface area contributed by atoms with Crippen LogP contribution in [0, 0.1) is 17.8 Å². The van der Waals surface area contributed by atoms with E-state index in [1.807, 2.05) is 13.0 Å². The van der Waals surface area contributed by atoms with Gasteiger partial charge in [0.15, 0.2) is 5.65 Å². The number of β-amino-alcohol motifs (C(OH)–C–C–N with tert-alkyl or cyclic N) is 1. The summed E-state index contributed by atoms with van der Waals surface area (Å²) in [5, 5.41) is 13.7. The standard InChI is InChI=1S/C29H35ClN6O3/c1-15(37)14-36-9-7-16(8-10-36)17-5-6-20(22(12-17)39-2)28-34-26-25(21(30)13-32-29(26)35-28)33-24-19-4-3-18(11-19)23(24)27(31)38/h3-6,12-13,15-16,18-19,23-24,37H,7-11,14H2,1-2H3,(H2,31,38)(H2,32,33,34,35)/t15-,18+,19+,23-,24+/m0/s1. The summed E-state index contributed by atoms with van der Waals surface area (Å²) in [6.45, 7) is 4.50. The molecular formula is C29H35ClN6O3. The van der Waals surface area contributed by atoms with Gasteiger partial charge in [0, 0.05) is 12.6 Å². The molecular weight excluding hydrogens is 516 g/mol. The number of hydrogen-bond donors (Lipinski definition) is 4. The molecule has 5 atom stereocenters. The quantitative estimate of drug-likeness (QED) is 0.313. The predicted molar refractivity (Wildman–Crippen MR) is 152 cm³/mol. The number of methoxy groups -OCH3 is 1. The number of aliphatic hydroxyl groups excluding tert-OH is 1. The summed E-state index contributed by atoms with van der Waals surface area (Å²) >= 11 is 6.62. The number of nitrogens with zero attached hydrogens (tertiary/aromatic N) is 3. The molecule has 206 valence electrons. The maximum Gasteiger partial charge on any atom is 0.223 e. The first-order valence-electron chi connectivity index (χ1n) is 13.7. The van der Waals surface area contributed by atoms with Crippen LogP contribution < -0.4 is 15.8 Å². The number of H-pyrrole nitrogens is 1. The largest absolute Gasteiger partial charge is 0.496 e. The van der Waals surface area contributed by atoms with Crippen molar-refractivity contribution in [2.24, 2.45) is 23.5 Å². The van der Waals surface area contributed by atoms with Crippen LogP contribution in [0.4, 0.5) is 5.69 Å². The molecule has 1 amide bonds. The van der Waals surface area contributed by atoms with Crippen LogP contribution in [0.3, 0.4) is 0 Å². The lowest BCUT2D eigenvalue weighted by atomic mass is 9.88. The van der Waals surface area contributed by atoms with Gasteiger partial charge in [0.2, 0.25) is 5.91 Å². The first-order valence-corrected chi connectivity index (χ1v) is 14.1. The van der Waals surface area contributed by atoms with E-state index in [9.17, 15) is 9.90 Å². The lowest BCUT2D eigenvalue weighted by Gasteiger charge is -2.33. The highest BCUT2D eigenvalue weighted by atomic mass is 35.5. The maximum absolute atomic E-state index is 12.3. The molecule has 2 aromatic heterocycles. The van der Waals surface area contributed by atoms with E-state index < -0.39 is 0 Å². The fourth-order valence-electron chi connectivity index (χ4n) is 6.76. The number of piperidine rings is 1. The van der Waals surface area contributed by atoms with E-state index in [4.69, 9.17) is 27.1 Å². The number of primary amides is 1. The van der Waals surface area contributed by atoms with Crippen molar-refractivity contribution in [3.8, 4) is 17.1 Å². The molecule has 5 N–H and O–H groups in total. The third kappa shape index (κ3) is 4.88. The fraction of sp³-hybridized carbons (Fsp3) is 0.483. The highest BCUT2D eigenvalue weighted by Gasteiger charge is 2.47. The molecule has 3 aliphatic rings. The second-order valence-corrected chi connectivity index (χ2v) is 11.6. The molecule has 1 aliphatic heterocycles. The van der Waals surface area contributed by atoms with E-state index in [0.29, 0.717) is 33.6 Å². The minimum Gasteiger partial charge on any atom is -0.496 e. The number of anilines is 1. The molecule has 3 heterocycles. The highest BCUT2D eigenvalue weighted by molar-refractivity contribution is 6.34. The van der Waals surface area contributed by atoms with E-state index in [1.54, 1.807) is 13.3 Å². The van der Waals surface area contributed by atoms with Gasteiger partial charge >= 0.3 is 0 Å². The second kappa shape index (κ2) is 10.4. The number of halogens is 1. The molecule has 0 spiro atoms. The van der Waals surface area contributed by atoms with Gasteiger partial charge in [0.1, 0.15) is 17.1 Å². The van der Waals surface area contributed by atoms with Crippen molar-refractivity contribution >= 4 is 34.4 Å². The number of aromatic amines is 1. The SMILES string of the molecule is COc1cc(C2CCN(C[C@H](C)O)CC2)ccc1-c1nc2ncc(Cl)c(N[C@H]3[C@@H](C(N)=O)[C@@H]4C=C[C@@H]3C4)c2[nH]1. The summed E-state index contributed by atoms with van der Waals surface area (Å²) in [7, 11) is 1.67. The molecule has 2 aliphatic carbocycles. The summed E-state index contributed by atoms with van der Waals surface area (Å²) in [6, 6.07) is 6.18. The van der Waals surface area contributed by atoms with E-state index in [1.165, 1.54) is 5.56 Å². The zero-order valence-electron chi connectivity index (χ0n) is 22.2. The molecule has 0 radical (unpaired) electrons. The number of aliphatic hydroxyl groups is 1. The lowest BCUT2D eigenvalue weighted by Crippen LogP contribution is -2.41. The molecule has 1 saturated carbocycles. The van der Waals surface area contributed by atoms with Crippen LogP contribution >= 0.6 is 11.6 Å². The number of nitrogens with two attached hydrogens (primary N) is 1. The van der Waals surface area contributed by atoms with Crippen molar-refractivity contribution < 1.29 is 14.6 Å². The summed E-state index contributed by atoms with van der Waals surface area (Å²) in [5.74, 6) is 1.62. The van der Waals surface area contributed by atoms with Crippen LogP contribution in [0.15, 0.2) is 36.5 Å². The van der Waals surface area contributed by atoms with Gasteiger partial charge in [-0.2, -0.15) is 0 Å². The Morgan fingerprint density at radius 1 is 1.31 bits per heavy atom. The second-order valence-electron chi connectivity index (χ2n) is 11.2. The van der Waals surface area contributed by atoms with Crippen LogP contribution in [0.25, 0.3) is 22.6 Å². The summed E-state index contributed by atoms with van der Waals surface area (Å²) in [5.41, 5.74) is 9.75. The third-order valence-electron chi connectivity index (χ3n) is 8.63. The number of pyridine rings is 1. The summed E-state index contributed by atoms with van der Waals surface area (Å²) in [4.78, 5) is 27.2. The van der Waals surface area contributed by atoms with Gasteiger partial charge < -0.3 is 30.8 Å². The van der Waals surface area contributed by atoms with Crippen LogP contribution in [-0.4, -0.2) is 69.8 Å². The van der Waals surface area contributed by atoms with Crippen LogP contribution in [-0.2, 0) is 4.79 Å². The minimum atomic E-state index is -0.306. The number of carbonyl (C=O) groups is 1. The average molecular weight is 551 g/mol. The normalized spacial score (nSPS) is 25.8. The molecule has 9 nitrogen and oxygen atoms in total. The number of nitrogens with one attached hydrogen (secondary N) is 2. The fourth-order valence-corrected chi connectivity index (χ4v) is 6.95. The van der Waals surface area contributed by atoms with Crippen molar-refractivity contribution in [1.29, 1.82) is 0 Å². The maximum atomic E-state index is 12.3. The third-order valence-corrected chi connectivity index (χ3v) is 8.92. The molecule has 3 aromatic rings. The Balaban J connectivity index is 1.27. The van der Waals surface area contributed by atoms with Crippen molar-refractivity contribution in [1.82, 2.24) is 19.9 Å². The van der Waals surface area contributed by atoms with Gasteiger partial charge in [-0.1, -0.05) is 29.8 Å². The Kier molecular flexibility index (Phi) is 6.99. The number of benzene rings is 1. The van der Waals surface area contributed by atoms with Crippen LogP contribution in [0.2, 0.25) is 5.02 Å². The molecule has 2 bridgehead atoms. The Labute approximate surface area is 232 Å². The number of amides is 1. The number of imidazole rings is 1.